The number of pyridine rings is 1. The molecule has 3 aromatic rings. The van der Waals surface area contributed by atoms with Crippen LogP contribution in [0.25, 0.3) is 5.65 Å². The van der Waals surface area contributed by atoms with Crippen LogP contribution in [0.4, 0.5) is 0 Å². The van der Waals surface area contributed by atoms with Gasteiger partial charge in [0.05, 0.1) is 0 Å². The molecule has 0 aliphatic rings. The molecule has 0 aliphatic heterocycles. The van der Waals surface area contributed by atoms with E-state index < -0.39 is 0 Å². The van der Waals surface area contributed by atoms with Gasteiger partial charge < -0.3 is 0 Å². The SMILES string of the molecule is CC(Sc1nnc2ccccn12)c1ccccc1. The predicted molar refractivity (Wildman–Crippen MR) is 73.7 cm³/mol. The number of thioether (sulfide) groups is 1. The highest BCUT2D eigenvalue weighted by atomic mass is 32.2. The lowest BCUT2D eigenvalue weighted by atomic mass is 10.2. The van der Waals surface area contributed by atoms with Crippen molar-refractivity contribution < 1.29 is 0 Å². The Morgan fingerprint density at radius 1 is 1.00 bits per heavy atom. The molecular formula is C14H13N3S. The maximum Gasteiger partial charge on any atom is 0.196 e. The molecule has 1 unspecified atom stereocenters. The maximum atomic E-state index is 4.24. The minimum absolute atomic E-state index is 0.360. The number of benzene rings is 1. The standard InChI is InChI=1S/C14H13N3S/c1-11(12-7-3-2-4-8-12)18-14-16-15-13-9-5-6-10-17(13)14/h2-11H,1H3. The quantitative estimate of drug-likeness (QED) is 0.670. The van der Waals surface area contributed by atoms with Crippen LogP contribution in [0, 0.1) is 0 Å². The minimum Gasteiger partial charge on any atom is -0.277 e. The normalized spacial score (nSPS) is 12.7. The molecule has 0 spiro atoms. The van der Waals surface area contributed by atoms with Crippen molar-refractivity contribution in [3.63, 3.8) is 0 Å². The molecule has 0 radical (unpaired) electrons. The fraction of sp³-hybridized carbons (Fsp3) is 0.143. The Morgan fingerprint density at radius 2 is 1.78 bits per heavy atom. The van der Waals surface area contributed by atoms with Crippen LogP contribution in [0.15, 0.2) is 59.9 Å². The van der Waals surface area contributed by atoms with Gasteiger partial charge in [-0.2, -0.15) is 0 Å². The lowest BCUT2D eigenvalue weighted by molar-refractivity contribution is 0.911. The Morgan fingerprint density at radius 3 is 2.61 bits per heavy atom. The molecule has 0 aliphatic carbocycles. The zero-order chi connectivity index (χ0) is 12.4. The smallest absolute Gasteiger partial charge is 0.196 e. The molecular weight excluding hydrogens is 242 g/mol. The molecule has 1 atom stereocenters. The average molecular weight is 255 g/mol. The summed E-state index contributed by atoms with van der Waals surface area (Å²) in [6.07, 6.45) is 2.00. The second-order valence-corrected chi connectivity index (χ2v) is 5.39. The molecule has 1 aromatic carbocycles. The molecule has 0 N–H and O–H groups in total. The average Bonchev–Trinajstić information content (AvgIpc) is 2.83. The van der Waals surface area contributed by atoms with Crippen LogP contribution in [0.2, 0.25) is 0 Å². The van der Waals surface area contributed by atoms with E-state index in [1.54, 1.807) is 11.8 Å². The second kappa shape index (κ2) is 4.82. The van der Waals surface area contributed by atoms with Gasteiger partial charge in [-0.05, 0) is 24.6 Å². The summed E-state index contributed by atoms with van der Waals surface area (Å²) in [4.78, 5) is 0. The molecule has 0 fully saturated rings. The summed E-state index contributed by atoms with van der Waals surface area (Å²) in [6, 6.07) is 16.4. The van der Waals surface area contributed by atoms with E-state index in [1.165, 1.54) is 5.56 Å². The van der Waals surface area contributed by atoms with Gasteiger partial charge in [0.25, 0.3) is 0 Å². The van der Waals surface area contributed by atoms with Gasteiger partial charge in [-0.1, -0.05) is 48.2 Å². The van der Waals surface area contributed by atoms with Crippen LogP contribution in [0.5, 0.6) is 0 Å². The van der Waals surface area contributed by atoms with Gasteiger partial charge >= 0.3 is 0 Å². The highest BCUT2D eigenvalue weighted by Crippen LogP contribution is 2.33. The fourth-order valence-corrected chi connectivity index (χ4v) is 2.82. The summed E-state index contributed by atoms with van der Waals surface area (Å²) in [7, 11) is 0. The van der Waals surface area contributed by atoms with Crippen molar-refractivity contribution in [3.05, 3.63) is 60.3 Å². The molecule has 0 saturated carbocycles. The molecule has 0 bridgehead atoms. The first-order valence-electron chi connectivity index (χ1n) is 5.86. The van der Waals surface area contributed by atoms with Crippen LogP contribution in [0.1, 0.15) is 17.7 Å². The van der Waals surface area contributed by atoms with E-state index in [9.17, 15) is 0 Å². The van der Waals surface area contributed by atoms with Gasteiger partial charge in [-0.3, -0.25) is 4.40 Å². The Balaban J connectivity index is 1.89. The van der Waals surface area contributed by atoms with Crippen molar-refractivity contribution in [2.75, 3.05) is 0 Å². The molecule has 3 rings (SSSR count). The lowest BCUT2D eigenvalue weighted by Gasteiger charge is -2.09. The van der Waals surface area contributed by atoms with Crippen LogP contribution < -0.4 is 0 Å². The second-order valence-electron chi connectivity index (χ2n) is 4.08. The number of aromatic nitrogens is 3. The maximum absolute atomic E-state index is 4.24. The fourth-order valence-electron chi connectivity index (χ4n) is 1.85. The summed E-state index contributed by atoms with van der Waals surface area (Å²) in [5.74, 6) is 0. The monoisotopic (exact) mass is 255 g/mol. The third kappa shape index (κ3) is 2.11. The zero-order valence-electron chi connectivity index (χ0n) is 10.0. The van der Waals surface area contributed by atoms with Crippen LogP contribution in [-0.2, 0) is 0 Å². The van der Waals surface area contributed by atoms with Crippen molar-refractivity contribution in [2.45, 2.75) is 17.3 Å². The summed E-state index contributed by atoms with van der Waals surface area (Å²) in [6.45, 7) is 2.18. The molecule has 3 nitrogen and oxygen atoms in total. The predicted octanol–water partition coefficient (Wildman–Crippen LogP) is 3.58. The van der Waals surface area contributed by atoms with Crippen LogP contribution in [-0.4, -0.2) is 14.6 Å². The highest BCUT2D eigenvalue weighted by molar-refractivity contribution is 7.99. The molecule has 0 saturated heterocycles. The van der Waals surface area contributed by atoms with Crippen molar-refractivity contribution in [1.29, 1.82) is 0 Å². The number of hydrogen-bond donors (Lipinski definition) is 0. The Labute approximate surface area is 110 Å². The third-order valence-electron chi connectivity index (χ3n) is 2.83. The third-order valence-corrected chi connectivity index (χ3v) is 3.95. The van der Waals surface area contributed by atoms with Gasteiger partial charge in [-0.15, -0.1) is 10.2 Å². The number of rotatable bonds is 3. The minimum atomic E-state index is 0.360. The molecule has 2 heterocycles. The summed E-state index contributed by atoms with van der Waals surface area (Å²) in [5.41, 5.74) is 2.19. The van der Waals surface area contributed by atoms with Crippen molar-refractivity contribution in [3.8, 4) is 0 Å². The van der Waals surface area contributed by atoms with Crippen LogP contribution in [0.3, 0.4) is 0 Å². The van der Waals surface area contributed by atoms with E-state index in [0.29, 0.717) is 5.25 Å². The van der Waals surface area contributed by atoms with Gasteiger partial charge in [-0.25, -0.2) is 0 Å². The van der Waals surface area contributed by atoms with Gasteiger partial charge in [0, 0.05) is 11.4 Å². The molecule has 90 valence electrons. The molecule has 4 heteroatoms. The van der Waals surface area contributed by atoms with E-state index in [4.69, 9.17) is 0 Å². The number of fused-ring (bicyclic) bond motifs is 1. The van der Waals surface area contributed by atoms with Gasteiger partial charge in [0.1, 0.15) is 0 Å². The summed E-state index contributed by atoms with van der Waals surface area (Å²) >= 11 is 1.72. The topological polar surface area (TPSA) is 30.2 Å². The van der Waals surface area contributed by atoms with Crippen LogP contribution >= 0.6 is 11.8 Å². The van der Waals surface area contributed by atoms with Gasteiger partial charge in [0.15, 0.2) is 10.8 Å². The lowest BCUT2D eigenvalue weighted by Crippen LogP contribution is -1.91. The molecule has 2 aromatic heterocycles. The van der Waals surface area contributed by atoms with Crippen molar-refractivity contribution in [1.82, 2.24) is 14.6 Å². The van der Waals surface area contributed by atoms with Crippen molar-refractivity contribution >= 4 is 17.4 Å². The van der Waals surface area contributed by atoms with Gasteiger partial charge in [0.2, 0.25) is 0 Å². The molecule has 18 heavy (non-hydrogen) atoms. The van der Waals surface area contributed by atoms with E-state index in [-0.39, 0.29) is 0 Å². The largest absolute Gasteiger partial charge is 0.277 e. The summed E-state index contributed by atoms with van der Waals surface area (Å²) < 4.78 is 2.02. The number of hydrogen-bond acceptors (Lipinski definition) is 3. The van der Waals surface area contributed by atoms with E-state index in [1.807, 2.05) is 34.9 Å². The van der Waals surface area contributed by atoms with E-state index in [0.717, 1.165) is 10.8 Å². The highest BCUT2D eigenvalue weighted by Gasteiger charge is 2.11. The van der Waals surface area contributed by atoms with E-state index in [2.05, 4.69) is 41.4 Å². The summed E-state index contributed by atoms with van der Waals surface area (Å²) in [5, 5.41) is 9.69. The Kier molecular flexibility index (Phi) is 3.02. The first-order chi connectivity index (χ1) is 8.84. The molecule has 0 amide bonds. The first-order valence-corrected chi connectivity index (χ1v) is 6.74. The first kappa shape index (κ1) is 11.3. The Hall–Kier alpha value is -1.81. The van der Waals surface area contributed by atoms with Crippen molar-refractivity contribution in [2.24, 2.45) is 0 Å². The zero-order valence-corrected chi connectivity index (χ0v) is 10.8. The van der Waals surface area contributed by atoms with E-state index >= 15 is 0 Å². The Bertz CT molecular complexity index is 648. The number of nitrogens with zero attached hydrogens (tertiary/aromatic N) is 3.